The normalized spacial score (nSPS) is 13.8. The Morgan fingerprint density at radius 2 is 2.33 bits per heavy atom. The molecule has 21 heavy (non-hydrogen) atoms. The summed E-state index contributed by atoms with van der Waals surface area (Å²) in [5.41, 5.74) is 5.14. The fraction of sp³-hybridized carbons (Fsp3) is 0.375. The summed E-state index contributed by atoms with van der Waals surface area (Å²) in [4.78, 5) is 4.66. The Balaban J connectivity index is 1.54. The third-order valence-corrected chi connectivity index (χ3v) is 5.09. The summed E-state index contributed by atoms with van der Waals surface area (Å²) in [5.74, 6) is 0. The van der Waals surface area contributed by atoms with E-state index in [0.717, 1.165) is 36.6 Å². The molecule has 0 spiro atoms. The van der Waals surface area contributed by atoms with Crippen LogP contribution in [0.4, 0.5) is 5.13 Å². The highest BCUT2D eigenvalue weighted by atomic mass is 32.1. The minimum atomic E-state index is 0.815. The van der Waals surface area contributed by atoms with Crippen LogP contribution in [0.15, 0.2) is 24.4 Å². The molecular weight excluding hydrogens is 280 g/mol. The van der Waals surface area contributed by atoms with Gasteiger partial charge < -0.3 is 5.32 Å². The monoisotopic (exact) mass is 298 g/mol. The number of rotatable bonds is 4. The molecule has 108 valence electrons. The Morgan fingerprint density at radius 3 is 3.24 bits per heavy atom. The average molecular weight is 298 g/mol. The lowest BCUT2D eigenvalue weighted by Gasteiger charge is -2.01. The third kappa shape index (κ3) is 2.31. The van der Waals surface area contributed by atoms with Crippen molar-refractivity contribution >= 4 is 26.7 Å². The molecule has 1 N–H and O–H groups in total. The summed E-state index contributed by atoms with van der Waals surface area (Å²) in [6.45, 7) is 4.06. The van der Waals surface area contributed by atoms with Gasteiger partial charge in [0.15, 0.2) is 5.13 Å². The molecule has 4 rings (SSSR count). The molecule has 0 aliphatic carbocycles. The van der Waals surface area contributed by atoms with Crippen molar-refractivity contribution in [1.82, 2.24) is 14.8 Å². The topological polar surface area (TPSA) is 42.7 Å². The van der Waals surface area contributed by atoms with Gasteiger partial charge in [-0.3, -0.25) is 4.68 Å². The molecule has 3 aromatic rings. The molecule has 0 saturated heterocycles. The molecule has 5 heteroatoms. The van der Waals surface area contributed by atoms with Gasteiger partial charge >= 0.3 is 0 Å². The Kier molecular flexibility index (Phi) is 3.15. The van der Waals surface area contributed by atoms with E-state index >= 15 is 0 Å². The van der Waals surface area contributed by atoms with Gasteiger partial charge in [-0.1, -0.05) is 24.3 Å². The van der Waals surface area contributed by atoms with Gasteiger partial charge in [0, 0.05) is 24.3 Å². The number of fused-ring (bicyclic) bond motifs is 2. The van der Waals surface area contributed by atoms with Crippen molar-refractivity contribution in [3.8, 4) is 0 Å². The molecule has 3 heterocycles. The van der Waals surface area contributed by atoms with Crippen molar-refractivity contribution in [2.45, 2.75) is 39.3 Å². The number of aromatic nitrogens is 3. The highest BCUT2D eigenvalue weighted by Gasteiger charge is 2.16. The maximum Gasteiger partial charge on any atom is 0.184 e. The molecule has 0 radical (unpaired) electrons. The Hall–Kier alpha value is -1.88. The smallest absolute Gasteiger partial charge is 0.184 e. The van der Waals surface area contributed by atoms with Crippen LogP contribution in [-0.4, -0.2) is 14.8 Å². The molecule has 4 nitrogen and oxygen atoms in total. The van der Waals surface area contributed by atoms with Crippen LogP contribution in [0.3, 0.4) is 0 Å². The number of benzene rings is 1. The summed E-state index contributed by atoms with van der Waals surface area (Å²) in [7, 11) is 0. The lowest BCUT2D eigenvalue weighted by molar-refractivity contribution is 0.656. The van der Waals surface area contributed by atoms with E-state index in [1.165, 1.54) is 27.9 Å². The van der Waals surface area contributed by atoms with Crippen LogP contribution in [0.5, 0.6) is 0 Å². The molecule has 0 amide bonds. The van der Waals surface area contributed by atoms with E-state index in [-0.39, 0.29) is 0 Å². The lowest BCUT2D eigenvalue weighted by atomic mass is 10.2. The van der Waals surface area contributed by atoms with E-state index in [0.29, 0.717) is 0 Å². The maximum atomic E-state index is 4.66. The van der Waals surface area contributed by atoms with Crippen LogP contribution < -0.4 is 5.32 Å². The summed E-state index contributed by atoms with van der Waals surface area (Å²) in [6, 6.07) is 6.53. The minimum absolute atomic E-state index is 0.815. The van der Waals surface area contributed by atoms with E-state index in [1.807, 2.05) is 6.20 Å². The van der Waals surface area contributed by atoms with Crippen molar-refractivity contribution < 1.29 is 0 Å². The van der Waals surface area contributed by atoms with Crippen molar-refractivity contribution in [3.63, 3.8) is 0 Å². The van der Waals surface area contributed by atoms with Gasteiger partial charge in [-0.15, -0.1) is 0 Å². The molecule has 0 saturated carbocycles. The fourth-order valence-electron chi connectivity index (χ4n) is 2.91. The van der Waals surface area contributed by atoms with E-state index < -0.39 is 0 Å². The van der Waals surface area contributed by atoms with Gasteiger partial charge in [0.2, 0.25) is 0 Å². The quantitative estimate of drug-likeness (QED) is 0.800. The first-order chi connectivity index (χ1) is 10.3. The van der Waals surface area contributed by atoms with E-state index in [2.05, 4.69) is 45.2 Å². The van der Waals surface area contributed by atoms with Crippen LogP contribution in [0.25, 0.3) is 10.2 Å². The molecular formula is C16H18N4S. The predicted octanol–water partition coefficient (Wildman–Crippen LogP) is 3.61. The van der Waals surface area contributed by atoms with E-state index in [9.17, 15) is 0 Å². The summed E-state index contributed by atoms with van der Waals surface area (Å²) in [6.07, 6.45) is 5.43. The molecule has 1 aliphatic rings. The number of nitrogens with one attached hydrogen (secondary N) is 1. The van der Waals surface area contributed by atoms with Gasteiger partial charge in [0.05, 0.1) is 16.4 Å². The molecule has 2 aromatic heterocycles. The average Bonchev–Trinajstić information content (AvgIpc) is 3.19. The lowest BCUT2D eigenvalue weighted by Crippen LogP contribution is -2.01. The van der Waals surface area contributed by atoms with Crippen LogP contribution in [-0.2, 0) is 25.9 Å². The van der Waals surface area contributed by atoms with Gasteiger partial charge in [-0.25, -0.2) is 4.98 Å². The highest BCUT2D eigenvalue weighted by Crippen LogP contribution is 2.28. The Morgan fingerprint density at radius 1 is 1.38 bits per heavy atom. The van der Waals surface area contributed by atoms with Crippen molar-refractivity contribution in [2.75, 3.05) is 5.32 Å². The predicted molar refractivity (Wildman–Crippen MR) is 86.9 cm³/mol. The zero-order chi connectivity index (χ0) is 14.2. The molecule has 0 fully saturated rings. The number of aryl methyl sites for hydroxylation is 2. The number of thiazole rings is 1. The zero-order valence-corrected chi connectivity index (χ0v) is 12.9. The summed E-state index contributed by atoms with van der Waals surface area (Å²) < 4.78 is 3.39. The van der Waals surface area contributed by atoms with Crippen LogP contribution in [0.1, 0.15) is 30.2 Å². The number of anilines is 1. The van der Waals surface area contributed by atoms with Gasteiger partial charge in [0.25, 0.3) is 0 Å². The van der Waals surface area contributed by atoms with Gasteiger partial charge in [0.1, 0.15) is 0 Å². The first-order valence-electron chi connectivity index (χ1n) is 7.50. The van der Waals surface area contributed by atoms with Gasteiger partial charge in [-0.05, 0) is 37.0 Å². The first-order valence-corrected chi connectivity index (χ1v) is 8.32. The van der Waals surface area contributed by atoms with Gasteiger partial charge in [-0.2, -0.15) is 5.10 Å². The second-order valence-corrected chi connectivity index (χ2v) is 6.50. The summed E-state index contributed by atoms with van der Waals surface area (Å²) >= 11 is 1.73. The highest BCUT2D eigenvalue weighted by molar-refractivity contribution is 7.22. The van der Waals surface area contributed by atoms with Crippen LogP contribution >= 0.6 is 11.3 Å². The third-order valence-electron chi connectivity index (χ3n) is 4.11. The van der Waals surface area contributed by atoms with Crippen molar-refractivity contribution in [1.29, 1.82) is 0 Å². The number of hydrogen-bond acceptors (Lipinski definition) is 4. The summed E-state index contributed by atoms with van der Waals surface area (Å²) in [5, 5.41) is 8.89. The molecule has 0 bridgehead atoms. The standard InChI is InChI=1S/C16H18N4S/c1-2-11-5-6-13-15(8-11)21-16(19-13)17-9-12-10-18-20-7-3-4-14(12)20/h5-6,8,10H,2-4,7,9H2,1H3,(H,17,19). The van der Waals surface area contributed by atoms with E-state index in [4.69, 9.17) is 0 Å². The Bertz CT molecular complexity index is 787. The van der Waals surface area contributed by atoms with E-state index in [1.54, 1.807) is 11.3 Å². The van der Waals surface area contributed by atoms with Crippen LogP contribution in [0.2, 0.25) is 0 Å². The molecule has 0 unspecified atom stereocenters. The second kappa shape index (κ2) is 5.15. The zero-order valence-electron chi connectivity index (χ0n) is 12.1. The Labute approximate surface area is 127 Å². The van der Waals surface area contributed by atoms with Crippen molar-refractivity contribution in [2.24, 2.45) is 0 Å². The first kappa shape index (κ1) is 12.8. The molecule has 1 aliphatic heterocycles. The number of nitrogens with zero attached hydrogens (tertiary/aromatic N) is 3. The van der Waals surface area contributed by atoms with Crippen molar-refractivity contribution in [3.05, 3.63) is 41.2 Å². The SMILES string of the molecule is CCc1ccc2nc(NCc3cnn4c3CCC4)sc2c1. The number of hydrogen-bond donors (Lipinski definition) is 1. The fourth-order valence-corrected chi connectivity index (χ4v) is 3.84. The van der Waals surface area contributed by atoms with Crippen LogP contribution in [0, 0.1) is 0 Å². The second-order valence-electron chi connectivity index (χ2n) is 5.47. The minimum Gasteiger partial charge on any atom is -0.357 e. The largest absolute Gasteiger partial charge is 0.357 e. The molecule has 1 aromatic carbocycles. The maximum absolute atomic E-state index is 4.66. The molecule has 0 atom stereocenters.